The third kappa shape index (κ3) is 2.15. The van der Waals surface area contributed by atoms with Gasteiger partial charge in [-0.15, -0.1) is 0 Å². The van der Waals surface area contributed by atoms with E-state index in [4.69, 9.17) is 0 Å². The van der Waals surface area contributed by atoms with E-state index in [2.05, 4.69) is 15.5 Å². The molecular formula is C11H16FN5. The number of halogens is 1. The van der Waals surface area contributed by atoms with E-state index < -0.39 is 0 Å². The van der Waals surface area contributed by atoms with Crippen molar-refractivity contribution in [1.82, 2.24) is 19.6 Å². The van der Waals surface area contributed by atoms with E-state index in [1.807, 2.05) is 20.0 Å². The summed E-state index contributed by atoms with van der Waals surface area (Å²) in [5, 5.41) is 11.4. The molecule has 2 aromatic heterocycles. The highest BCUT2D eigenvalue weighted by molar-refractivity contribution is 5.38. The molecule has 0 aliphatic rings. The van der Waals surface area contributed by atoms with E-state index in [9.17, 15) is 4.39 Å². The molecule has 5 nitrogen and oxygen atoms in total. The summed E-state index contributed by atoms with van der Waals surface area (Å²) in [6, 6.07) is 1.92. The molecule has 0 amide bonds. The average Bonchev–Trinajstić information content (AvgIpc) is 2.67. The van der Waals surface area contributed by atoms with Crippen molar-refractivity contribution < 1.29 is 4.39 Å². The van der Waals surface area contributed by atoms with E-state index in [1.54, 1.807) is 18.7 Å². The van der Waals surface area contributed by atoms with Crippen LogP contribution in [0.1, 0.15) is 17.0 Å². The van der Waals surface area contributed by atoms with Gasteiger partial charge in [-0.25, -0.2) is 4.68 Å². The van der Waals surface area contributed by atoms with Crippen LogP contribution in [0, 0.1) is 19.8 Å². The lowest BCUT2D eigenvalue weighted by Gasteiger charge is -2.05. The SMILES string of the molecule is Cc1cc(NCc2c(C)nn(C)c2F)n(C)n1. The summed E-state index contributed by atoms with van der Waals surface area (Å²) in [4.78, 5) is 0. The van der Waals surface area contributed by atoms with Gasteiger partial charge in [0.25, 0.3) is 0 Å². The minimum Gasteiger partial charge on any atom is -0.366 e. The maximum absolute atomic E-state index is 13.7. The second kappa shape index (κ2) is 4.20. The highest BCUT2D eigenvalue weighted by Gasteiger charge is 2.13. The standard InChI is InChI=1S/C11H16FN5/c1-7-5-10(16(3)14-7)13-6-9-8(2)15-17(4)11(9)12/h5,13H,6H2,1-4H3. The Bertz CT molecular complexity index is 540. The van der Waals surface area contributed by atoms with Gasteiger partial charge in [-0.05, 0) is 13.8 Å². The molecule has 0 bridgehead atoms. The maximum atomic E-state index is 13.7. The molecular weight excluding hydrogens is 221 g/mol. The number of nitrogens with zero attached hydrogens (tertiary/aromatic N) is 4. The first-order valence-electron chi connectivity index (χ1n) is 5.41. The van der Waals surface area contributed by atoms with Crippen LogP contribution in [0.15, 0.2) is 6.07 Å². The van der Waals surface area contributed by atoms with Crippen LogP contribution < -0.4 is 5.32 Å². The number of aromatic nitrogens is 4. The predicted octanol–water partition coefficient (Wildman–Crippen LogP) is 1.52. The molecule has 1 N–H and O–H groups in total. The van der Waals surface area contributed by atoms with Crippen LogP contribution in [0.4, 0.5) is 10.2 Å². The van der Waals surface area contributed by atoms with Crippen molar-refractivity contribution in [2.24, 2.45) is 14.1 Å². The predicted molar refractivity (Wildman–Crippen MR) is 63.2 cm³/mol. The topological polar surface area (TPSA) is 47.7 Å². The van der Waals surface area contributed by atoms with Crippen LogP contribution in [0.5, 0.6) is 0 Å². The lowest BCUT2D eigenvalue weighted by atomic mass is 10.2. The van der Waals surface area contributed by atoms with Gasteiger partial charge >= 0.3 is 0 Å². The molecule has 0 aliphatic carbocycles. The summed E-state index contributed by atoms with van der Waals surface area (Å²) < 4.78 is 16.7. The lowest BCUT2D eigenvalue weighted by Crippen LogP contribution is -2.06. The Morgan fingerprint density at radius 2 is 1.94 bits per heavy atom. The lowest BCUT2D eigenvalue weighted by molar-refractivity contribution is 0.496. The number of hydrogen-bond donors (Lipinski definition) is 1. The van der Waals surface area contributed by atoms with Gasteiger partial charge in [-0.2, -0.15) is 14.6 Å². The molecule has 92 valence electrons. The normalized spacial score (nSPS) is 10.9. The Kier molecular flexibility index (Phi) is 2.87. The molecule has 0 radical (unpaired) electrons. The number of nitrogens with one attached hydrogen (secondary N) is 1. The third-order valence-corrected chi connectivity index (χ3v) is 2.72. The summed E-state index contributed by atoms with van der Waals surface area (Å²) in [5.41, 5.74) is 2.22. The van der Waals surface area contributed by atoms with E-state index in [1.165, 1.54) is 4.68 Å². The van der Waals surface area contributed by atoms with Crippen molar-refractivity contribution in [1.29, 1.82) is 0 Å². The molecule has 2 heterocycles. The number of rotatable bonds is 3. The fraction of sp³-hybridized carbons (Fsp3) is 0.455. The first kappa shape index (κ1) is 11.6. The Balaban J connectivity index is 2.15. The average molecular weight is 237 g/mol. The molecule has 0 atom stereocenters. The first-order valence-corrected chi connectivity index (χ1v) is 5.41. The quantitative estimate of drug-likeness (QED) is 0.880. The second-order valence-corrected chi connectivity index (χ2v) is 4.13. The molecule has 2 aromatic rings. The fourth-order valence-electron chi connectivity index (χ4n) is 1.83. The zero-order chi connectivity index (χ0) is 12.6. The van der Waals surface area contributed by atoms with Gasteiger partial charge in [0.2, 0.25) is 5.95 Å². The number of hydrogen-bond acceptors (Lipinski definition) is 3. The highest BCUT2D eigenvalue weighted by atomic mass is 19.1. The van der Waals surface area contributed by atoms with E-state index in [-0.39, 0.29) is 5.95 Å². The Morgan fingerprint density at radius 1 is 1.24 bits per heavy atom. The molecule has 0 saturated heterocycles. The molecule has 0 fully saturated rings. The summed E-state index contributed by atoms with van der Waals surface area (Å²) in [5.74, 6) is 0.569. The van der Waals surface area contributed by atoms with Gasteiger partial charge in [0.1, 0.15) is 5.82 Å². The molecule has 6 heteroatoms. The molecule has 0 unspecified atom stereocenters. The first-order chi connectivity index (χ1) is 7.99. The summed E-state index contributed by atoms with van der Waals surface area (Å²) >= 11 is 0. The van der Waals surface area contributed by atoms with Crippen LogP contribution in [-0.2, 0) is 20.6 Å². The monoisotopic (exact) mass is 237 g/mol. The highest BCUT2D eigenvalue weighted by Crippen LogP contribution is 2.14. The number of anilines is 1. The smallest absolute Gasteiger partial charge is 0.216 e. The van der Waals surface area contributed by atoms with Crippen molar-refractivity contribution >= 4 is 5.82 Å². The summed E-state index contributed by atoms with van der Waals surface area (Å²) in [6.07, 6.45) is 0. The minimum absolute atomic E-state index is 0.297. The molecule has 0 aromatic carbocycles. The van der Waals surface area contributed by atoms with Crippen LogP contribution in [0.2, 0.25) is 0 Å². The summed E-state index contributed by atoms with van der Waals surface area (Å²) in [7, 11) is 3.45. The van der Waals surface area contributed by atoms with Gasteiger partial charge < -0.3 is 5.32 Å². The van der Waals surface area contributed by atoms with E-state index >= 15 is 0 Å². The molecule has 0 spiro atoms. The van der Waals surface area contributed by atoms with Crippen LogP contribution >= 0.6 is 0 Å². The van der Waals surface area contributed by atoms with Gasteiger partial charge in [-0.1, -0.05) is 0 Å². The van der Waals surface area contributed by atoms with Crippen LogP contribution in [-0.4, -0.2) is 19.6 Å². The zero-order valence-corrected chi connectivity index (χ0v) is 10.5. The molecule has 17 heavy (non-hydrogen) atoms. The van der Waals surface area contributed by atoms with E-state index in [0.29, 0.717) is 17.8 Å². The van der Waals surface area contributed by atoms with Crippen LogP contribution in [0.3, 0.4) is 0 Å². The van der Waals surface area contributed by atoms with Gasteiger partial charge in [0, 0.05) is 32.3 Å². The second-order valence-electron chi connectivity index (χ2n) is 4.13. The van der Waals surface area contributed by atoms with Gasteiger partial charge in [0.15, 0.2) is 0 Å². The van der Waals surface area contributed by atoms with Crippen LogP contribution in [0.25, 0.3) is 0 Å². The summed E-state index contributed by atoms with van der Waals surface area (Å²) in [6.45, 7) is 4.13. The van der Waals surface area contributed by atoms with Crippen molar-refractivity contribution in [2.45, 2.75) is 20.4 Å². The molecule has 0 saturated carbocycles. The Hall–Kier alpha value is -1.85. The van der Waals surface area contributed by atoms with Gasteiger partial charge in [-0.3, -0.25) is 4.68 Å². The molecule has 0 aliphatic heterocycles. The Morgan fingerprint density at radius 3 is 2.41 bits per heavy atom. The zero-order valence-electron chi connectivity index (χ0n) is 10.5. The minimum atomic E-state index is -0.297. The molecule has 2 rings (SSSR count). The van der Waals surface area contributed by atoms with Crippen molar-refractivity contribution in [3.8, 4) is 0 Å². The van der Waals surface area contributed by atoms with Gasteiger partial charge in [0.05, 0.1) is 11.4 Å². The Labute approximate surface area is 99.2 Å². The van der Waals surface area contributed by atoms with E-state index in [0.717, 1.165) is 11.5 Å². The fourth-order valence-corrected chi connectivity index (χ4v) is 1.83. The van der Waals surface area contributed by atoms with Crippen molar-refractivity contribution in [2.75, 3.05) is 5.32 Å². The largest absolute Gasteiger partial charge is 0.366 e. The van der Waals surface area contributed by atoms with Crippen molar-refractivity contribution in [3.63, 3.8) is 0 Å². The maximum Gasteiger partial charge on any atom is 0.216 e. The number of aryl methyl sites for hydroxylation is 4. The third-order valence-electron chi connectivity index (χ3n) is 2.72. The van der Waals surface area contributed by atoms with Crippen molar-refractivity contribution in [3.05, 3.63) is 29.0 Å².